The van der Waals surface area contributed by atoms with Gasteiger partial charge in [0.25, 0.3) is 0 Å². The fourth-order valence-electron chi connectivity index (χ4n) is 1.11. The van der Waals surface area contributed by atoms with Crippen LogP contribution in [0.3, 0.4) is 0 Å². The monoisotopic (exact) mass is 264 g/mol. The third-order valence-corrected chi connectivity index (χ3v) is 3.44. The number of alkyl halides is 3. The first-order chi connectivity index (χ1) is 7.82. The zero-order chi connectivity index (χ0) is 13.1. The Balaban J connectivity index is 2.81. The van der Waals surface area contributed by atoms with Crippen LogP contribution < -0.4 is 0 Å². The molecule has 0 spiro atoms. The van der Waals surface area contributed by atoms with Crippen molar-refractivity contribution in [2.45, 2.75) is 18.0 Å². The van der Waals surface area contributed by atoms with E-state index in [0.717, 1.165) is 17.8 Å². The highest BCUT2D eigenvalue weighted by Crippen LogP contribution is 2.36. The molecule has 0 amide bonds. The zero-order valence-electron chi connectivity index (χ0n) is 8.99. The quantitative estimate of drug-likeness (QED) is 0.845. The van der Waals surface area contributed by atoms with Crippen molar-refractivity contribution in [3.63, 3.8) is 0 Å². The molecule has 0 aliphatic heterocycles. The molecule has 0 saturated heterocycles. The average molecular weight is 264 g/mol. The molecule has 0 saturated carbocycles. The molecule has 1 aromatic carbocycles. The van der Waals surface area contributed by atoms with Gasteiger partial charge in [-0.3, -0.25) is 4.79 Å². The average Bonchev–Trinajstić information content (AvgIpc) is 2.24. The van der Waals surface area contributed by atoms with Crippen LogP contribution in [0.15, 0.2) is 29.2 Å². The topological polar surface area (TPSA) is 37.3 Å². The van der Waals surface area contributed by atoms with E-state index in [0.29, 0.717) is 0 Å². The molecular formula is C11H11F3O2S. The Bertz CT molecular complexity index is 404. The Kier molecular flexibility index (Phi) is 4.45. The van der Waals surface area contributed by atoms with Crippen molar-refractivity contribution < 1.29 is 23.1 Å². The maximum absolute atomic E-state index is 12.6. The number of halogens is 3. The largest absolute Gasteiger partial charge is 0.481 e. The molecule has 1 rings (SSSR count). The van der Waals surface area contributed by atoms with Crippen LogP contribution in [0.4, 0.5) is 13.2 Å². The van der Waals surface area contributed by atoms with Gasteiger partial charge in [-0.25, -0.2) is 0 Å². The van der Waals surface area contributed by atoms with Crippen LogP contribution in [-0.4, -0.2) is 16.8 Å². The Morgan fingerprint density at radius 3 is 2.53 bits per heavy atom. The fraction of sp³-hybridized carbons (Fsp3) is 0.364. The van der Waals surface area contributed by atoms with Crippen LogP contribution >= 0.6 is 11.8 Å². The van der Waals surface area contributed by atoms with Crippen LogP contribution in [0.2, 0.25) is 0 Å². The smallest absolute Gasteiger partial charge is 0.417 e. The number of aliphatic carboxylic acids is 1. The Hall–Kier alpha value is -1.17. The van der Waals surface area contributed by atoms with Crippen LogP contribution in [0.25, 0.3) is 0 Å². The first kappa shape index (κ1) is 13.9. The highest BCUT2D eigenvalue weighted by molar-refractivity contribution is 7.99. The van der Waals surface area contributed by atoms with Gasteiger partial charge in [-0.1, -0.05) is 19.1 Å². The van der Waals surface area contributed by atoms with Gasteiger partial charge in [0.15, 0.2) is 0 Å². The Morgan fingerprint density at radius 1 is 1.41 bits per heavy atom. The summed E-state index contributed by atoms with van der Waals surface area (Å²) in [5, 5.41) is 8.65. The number of carboxylic acid groups (broad SMARTS) is 1. The third kappa shape index (κ3) is 3.96. The van der Waals surface area contributed by atoms with E-state index in [1.807, 2.05) is 0 Å². The number of carboxylic acids is 1. The number of carbonyl (C=O) groups is 1. The lowest BCUT2D eigenvalue weighted by Gasteiger charge is -2.12. The molecule has 0 fully saturated rings. The summed E-state index contributed by atoms with van der Waals surface area (Å²) in [7, 11) is 0. The van der Waals surface area contributed by atoms with Gasteiger partial charge in [0, 0.05) is 10.6 Å². The molecule has 2 nitrogen and oxygen atoms in total. The van der Waals surface area contributed by atoms with Gasteiger partial charge < -0.3 is 5.11 Å². The molecule has 6 heteroatoms. The normalized spacial score (nSPS) is 13.4. The summed E-state index contributed by atoms with van der Waals surface area (Å²) in [6.45, 7) is 1.46. The van der Waals surface area contributed by atoms with E-state index in [9.17, 15) is 18.0 Å². The predicted molar refractivity (Wildman–Crippen MR) is 59.0 cm³/mol. The Labute approximate surface area is 101 Å². The molecule has 1 unspecified atom stereocenters. The summed E-state index contributed by atoms with van der Waals surface area (Å²) < 4.78 is 37.8. The van der Waals surface area contributed by atoms with Crippen LogP contribution in [0.1, 0.15) is 12.5 Å². The van der Waals surface area contributed by atoms with Crippen molar-refractivity contribution in [3.05, 3.63) is 29.8 Å². The SMILES string of the molecule is CC(CSc1ccccc1C(F)(F)F)C(=O)O. The molecule has 0 aromatic heterocycles. The third-order valence-electron chi connectivity index (χ3n) is 2.10. The minimum atomic E-state index is -4.41. The molecule has 0 radical (unpaired) electrons. The lowest BCUT2D eigenvalue weighted by Crippen LogP contribution is -2.12. The first-order valence-electron chi connectivity index (χ1n) is 4.84. The van der Waals surface area contributed by atoms with E-state index in [-0.39, 0.29) is 10.6 Å². The molecule has 1 N–H and O–H groups in total. The summed E-state index contributed by atoms with van der Waals surface area (Å²) in [5.74, 6) is -1.58. The highest BCUT2D eigenvalue weighted by atomic mass is 32.2. The van der Waals surface area contributed by atoms with E-state index in [4.69, 9.17) is 5.11 Å². The van der Waals surface area contributed by atoms with E-state index in [1.54, 1.807) is 0 Å². The van der Waals surface area contributed by atoms with Crippen molar-refractivity contribution in [2.75, 3.05) is 5.75 Å². The summed E-state index contributed by atoms with van der Waals surface area (Å²) in [6.07, 6.45) is -4.41. The van der Waals surface area contributed by atoms with Gasteiger partial charge in [-0.05, 0) is 12.1 Å². The molecule has 1 atom stereocenters. The number of rotatable bonds is 4. The van der Waals surface area contributed by atoms with Crippen molar-refractivity contribution in [1.82, 2.24) is 0 Å². The van der Waals surface area contributed by atoms with Crippen molar-refractivity contribution in [1.29, 1.82) is 0 Å². The highest BCUT2D eigenvalue weighted by Gasteiger charge is 2.33. The van der Waals surface area contributed by atoms with Gasteiger partial charge in [0.2, 0.25) is 0 Å². The first-order valence-corrected chi connectivity index (χ1v) is 5.82. The maximum Gasteiger partial charge on any atom is 0.417 e. The van der Waals surface area contributed by atoms with E-state index < -0.39 is 23.6 Å². The molecule has 0 heterocycles. The van der Waals surface area contributed by atoms with Crippen molar-refractivity contribution in [3.8, 4) is 0 Å². The summed E-state index contributed by atoms with van der Waals surface area (Å²) in [4.78, 5) is 10.6. The van der Waals surface area contributed by atoms with Gasteiger partial charge in [-0.2, -0.15) is 13.2 Å². The fourth-order valence-corrected chi connectivity index (χ4v) is 2.20. The van der Waals surface area contributed by atoms with Crippen molar-refractivity contribution >= 4 is 17.7 Å². The standard InChI is InChI=1S/C11H11F3O2S/c1-7(10(15)16)6-17-9-5-3-2-4-8(9)11(12,13)14/h2-5,7H,6H2,1H3,(H,15,16). The Morgan fingerprint density at radius 2 is 2.00 bits per heavy atom. The van der Waals surface area contributed by atoms with E-state index in [1.165, 1.54) is 25.1 Å². The number of hydrogen-bond acceptors (Lipinski definition) is 2. The maximum atomic E-state index is 12.6. The summed E-state index contributed by atoms with van der Waals surface area (Å²) in [6, 6.07) is 5.16. The van der Waals surface area contributed by atoms with Gasteiger partial charge in [-0.15, -0.1) is 11.8 Å². The molecule has 1 aromatic rings. The molecule has 0 aliphatic carbocycles. The summed E-state index contributed by atoms with van der Waals surface area (Å²) in [5.41, 5.74) is -0.720. The lowest BCUT2D eigenvalue weighted by atomic mass is 10.2. The second-order valence-corrected chi connectivity index (χ2v) is 4.61. The molecular weight excluding hydrogens is 253 g/mol. The molecule has 0 aliphatic rings. The number of thioether (sulfide) groups is 1. The van der Waals surface area contributed by atoms with Crippen LogP contribution in [0, 0.1) is 5.92 Å². The van der Waals surface area contributed by atoms with Crippen LogP contribution in [0.5, 0.6) is 0 Å². The zero-order valence-corrected chi connectivity index (χ0v) is 9.81. The minimum absolute atomic E-state index is 0.0631. The molecule has 0 bridgehead atoms. The van der Waals surface area contributed by atoms with Crippen molar-refractivity contribution in [2.24, 2.45) is 5.92 Å². The van der Waals surface area contributed by atoms with Gasteiger partial charge in [0.05, 0.1) is 11.5 Å². The second-order valence-electron chi connectivity index (χ2n) is 3.54. The van der Waals surface area contributed by atoms with E-state index in [2.05, 4.69) is 0 Å². The van der Waals surface area contributed by atoms with Crippen LogP contribution in [-0.2, 0) is 11.0 Å². The summed E-state index contributed by atoms with van der Waals surface area (Å²) >= 11 is 0.910. The molecule has 94 valence electrons. The number of hydrogen-bond donors (Lipinski definition) is 1. The van der Waals surface area contributed by atoms with Gasteiger partial charge in [0.1, 0.15) is 0 Å². The minimum Gasteiger partial charge on any atom is -0.481 e. The molecule has 17 heavy (non-hydrogen) atoms. The second kappa shape index (κ2) is 5.44. The van der Waals surface area contributed by atoms with Gasteiger partial charge >= 0.3 is 12.1 Å². The van der Waals surface area contributed by atoms with E-state index >= 15 is 0 Å². The number of benzene rings is 1. The predicted octanol–water partition coefficient (Wildman–Crippen LogP) is 3.52. The lowest BCUT2D eigenvalue weighted by molar-refractivity contribution is -0.140.